The minimum absolute atomic E-state index is 0.0554. The van der Waals surface area contributed by atoms with E-state index in [1.165, 1.54) is 0 Å². The second-order valence-corrected chi connectivity index (χ2v) is 7.22. The first-order valence-electron chi connectivity index (χ1n) is 7.23. The van der Waals surface area contributed by atoms with E-state index in [0.717, 1.165) is 30.4 Å². The fourth-order valence-electron chi connectivity index (χ4n) is 4.26. The van der Waals surface area contributed by atoms with E-state index >= 15 is 0 Å². The SMILES string of the molecule is CC1=C2C3OC(=O)C(C)(C)C3CCC2(C)CCC1=O. The standard InChI is InChI=1S/C16H22O3/c1-9-11(17)6-8-16(4)7-5-10-13(12(9)16)19-14(18)15(10,2)3/h10,13H,5-8H2,1-4H3. The van der Waals surface area contributed by atoms with Gasteiger partial charge in [-0.1, -0.05) is 6.92 Å². The predicted molar refractivity (Wildman–Crippen MR) is 71.4 cm³/mol. The van der Waals surface area contributed by atoms with E-state index in [4.69, 9.17) is 4.74 Å². The second-order valence-electron chi connectivity index (χ2n) is 7.22. The van der Waals surface area contributed by atoms with Gasteiger partial charge in [-0.15, -0.1) is 0 Å². The summed E-state index contributed by atoms with van der Waals surface area (Å²) in [7, 11) is 0. The first-order chi connectivity index (χ1) is 8.77. The topological polar surface area (TPSA) is 43.4 Å². The van der Waals surface area contributed by atoms with Crippen molar-refractivity contribution in [2.24, 2.45) is 16.7 Å². The molecule has 3 nitrogen and oxygen atoms in total. The van der Waals surface area contributed by atoms with Gasteiger partial charge in [0, 0.05) is 12.3 Å². The molecule has 3 rings (SSSR count). The molecule has 0 spiro atoms. The summed E-state index contributed by atoms with van der Waals surface area (Å²) in [6.07, 6.45) is 3.46. The van der Waals surface area contributed by atoms with E-state index in [1.54, 1.807) is 0 Å². The summed E-state index contributed by atoms with van der Waals surface area (Å²) in [6, 6.07) is 0. The van der Waals surface area contributed by atoms with Gasteiger partial charge in [0.25, 0.3) is 0 Å². The largest absolute Gasteiger partial charge is 0.457 e. The summed E-state index contributed by atoms with van der Waals surface area (Å²) >= 11 is 0. The second kappa shape index (κ2) is 3.71. The Morgan fingerprint density at radius 1 is 1.16 bits per heavy atom. The fraction of sp³-hybridized carbons (Fsp3) is 0.750. The normalized spacial score (nSPS) is 40.8. The van der Waals surface area contributed by atoms with Crippen molar-refractivity contribution in [3.05, 3.63) is 11.1 Å². The van der Waals surface area contributed by atoms with Crippen molar-refractivity contribution in [3.63, 3.8) is 0 Å². The molecule has 3 heteroatoms. The van der Waals surface area contributed by atoms with Crippen molar-refractivity contribution in [1.82, 2.24) is 0 Å². The maximum Gasteiger partial charge on any atom is 0.312 e. The van der Waals surface area contributed by atoms with Crippen LogP contribution in [0.25, 0.3) is 0 Å². The molecule has 0 amide bonds. The zero-order chi connectivity index (χ0) is 14.0. The number of fused-ring (bicyclic) bond motifs is 3. The number of carbonyl (C=O) groups is 2. The molecule has 0 aromatic heterocycles. The van der Waals surface area contributed by atoms with Crippen molar-refractivity contribution < 1.29 is 14.3 Å². The van der Waals surface area contributed by atoms with E-state index in [9.17, 15) is 9.59 Å². The zero-order valence-electron chi connectivity index (χ0n) is 12.2. The highest BCUT2D eigenvalue weighted by atomic mass is 16.6. The Kier molecular flexibility index (Phi) is 2.52. The van der Waals surface area contributed by atoms with Crippen LogP contribution in [-0.2, 0) is 14.3 Å². The number of allylic oxidation sites excluding steroid dienone is 1. The van der Waals surface area contributed by atoms with Crippen LogP contribution in [-0.4, -0.2) is 17.9 Å². The molecular formula is C16H22O3. The molecule has 1 saturated heterocycles. The minimum Gasteiger partial charge on any atom is -0.457 e. The predicted octanol–water partition coefficient (Wildman–Crippen LogP) is 3.03. The monoisotopic (exact) mass is 262 g/mol. The van der Waals surface area contributed by atoms with Crippen LogP contribution in [0.3, 0.4) is 0 Å². The van der Waals surface area contributed by atoms with Gasteiger partial charge in [0.05, 0.1) is 5.41 Å². The Bertz CT molecular complexity index is 500. The van der Waals surface area contributed by atoms with Crippen molar-refractivity contribution in [2.75, 3.05) is 0 Å². The smallest absolute Gasteiger partial charge is 0.312 e. The molecule has 0 radical (unpaired) electrons. The van der Waals surface area contributed by atoms with E-state index in [0.29, 0.717) is 6.42 Å². The van der Waals surface area contributed by atoms with Gasteiger partial charge in [0.1, 0.15) is 6.10 Å². The first kappa shape index (κ1) is 12.9. The Morgan fingerprint density at radius 2 is 1.84 bits per heavy atom. The summed E-state index contributed by atoms with van der Waals surface area (Å²) in [4.78, 5) is 24.1. The van der Waals surface area contributed by atoms with Gasteiger partial charge in [-0.25, -0.2) is 0 Å². The lowest BCUT2D eigenvalue weighted by atomic mass is 9.57. The molecule has 3 aliphatic rings. The van der Waals surface area contributed by atoms with Crippen molar-refractivity contribution >= 4 is 11.8 Å². The highest BCUT2D eigenvalue weighted by Crippen LogP contribution is 2.57. The van der Waals surface area contributed by atoms with Crippen LogP contribution in [0, 0.1) is 16.7 Å². The molecule has 0 bridgehead atoms. The Balaban J connectivity index is 2.11. The lowest BCUT2D eigenvalue weighted by molar-refractivity contribution is -0.147. The van der Waals surface area contributed by atoms with E-state index in [-0.39, 0.29) is 29.2 Å². The number of hydrogen-bond donors (Lipinski definition) is 0. The van der Waals surface area contributed by atoms with Crippen molar-refractivity contribution in [2.45, 2.75) is 59.5 Å². The molecular weight excluding hydrogens is 240 g/mol. The molecule has 1 aliphatic heterocycles. The Morgan fingerprint density at radius 3 is 2.53 bits per heavy atom. The molecule has 2 aliphatic carbocycles. The highest BCUT2D eigenvalue weighted by molar-refractivity contribution is 5.97. The number of Topliss-reactive ketones (excluding diaryl/α,β-unsaturated/α-hetero) is 1. The number of rotatable bonds is 0. The van der Waals surface area contributed by atoms with Gasteiger partial charge >= 0.3 is 5.97 Å². The molecule has 1 heterocycles. The number of carbonyl (C=O) groups excluding carboxylic acids is 2. The third-order valence-electron chi connectivity index (χ3n) is 5.72. The van der Waals surface area contributed by atoms with Crippen LogP contribution in [0.5, 0.6) is 0 Å². The van der Waals surface area contributed by atoms with Crippen LogP contribution in [0.2, 0.25) is 0 Å². The summed E-state index contributed by atoms with van der Waals surface area (Å²) in [5, 5.41) is 0. The summed E-state index contributed by atoms with van der Waals surface area (Å²) in [6.45, 7) is 8.09. The summed E-state index contributed by atoms with van der Waals surface area (Å²) < 4.78 is 5.68. The van der Waals surface area contributed by atoms with Gasteiger partial charge in [0.15, 0.2) is 5.78 Å². The Hall–Kier alpha value is -1.12. The molecule has 3 unspecified atom stereocenters. The molecule has 104 valence electrons. The molecule has 0 aromatic carbocycles. The lowest BCUT2D eigenvalue weighted by Crippen LogP contribution is -2.43. The highest BCUT2D eigenvalue weighted by Gasteiger charge is 2.58. The first-order valence-corrected chi connectivity index (χ1v) is 7.23. The number of esters is 1. The van der Waals surface area contributed by atoms with E-state index in [1.807, 2.05) is 20.8 Å². The van der Waals surface area contributed by atoms with Crippen LogP contribution in [0.15, 0.2) is 11.1 Å². The maximum absolute atomic E-state index is 12.1. The average molecular weight is 262 g/mol. The fourth-order valence-corrected chi connectivity index (χ4v) is 4.26. The van der Waals surface area contributed by atoms with Crippen LogP contribution in [0.1, 0.15) is 53.4 Å². The summed E-state index contributed by atoms with van der Waals surface area (Å²) in [5.74, 6) is 0.350. The summed E-state index contributed by atoms with van der Waals surface area (Å²) in [5.41, 5.74) is 1.62. The molecule has 3 atom stereocenters. The van der Waals surface area contributed by atoms with Crippen LogP contribution >= 0.6 is 0 Å². The van der Waals surface area contributed by atoms with E-state index < -0.39 is 5.41 Å². The number of ether oxygens (including phenoxy) is 1. The van der Waals surface area contributed by atoms with Crippen LogP contribution < -0.4 is 0 Å². The number of hydrogen-bond acceptors (Lipinski definition) is 3. The van der Waals surface area contributed by atoms with Gasteiger partial charge in [-0.2, -0.15) is 0 Å². The minimum atomic E-state index is -0.417. The van der Waals surface area contributed by atoms with Gasteiger partial charge < -0.3 is 4.74 Å². The molecule has 0 N–H and O–H groups in total. The average Bonchev–Trinajstić information content (AvgIpc) is 2.55. The van der Waals surface area contributed by atoms with Gasteiger partial charge in [-0.05, 0) is 56.6 Å². The Labute approximate surface area is 114 Å². The van der Waals surface area contributed by atoms with Crippen LogP contribution in [0.4, 0.5) is 0 Å². The lowest BCUT2D eigenvalue weighted by Gasteiger charge is -2.46. The van der Waals surface area contributed by atoms with Gasteiger partial charge in [0.2, 0.25) is 0 Å². The molecule has 1 saturated carbocycles. The van der Waals surface area contributed by atoms with Crippen molar-refractivity contribution in [1.29, 1.82) is 0 Å². The third-order valence-corrected chi connectivity index (χ3v) is 5.72. The number of ketones is 1. The molecule has 19 heavy (non-hydrogen) atoms. The quantitative estimate of drug-likeness (QED) is 0.630. The van der Waals surface area contributed by atoms with Gasteiger partial charge in [-0.3, -0.25) is 9.59 Å². The van der Waals surface area contributed by atoms with Crippen molar-refractivity contribution in [3.8, 4) is 0 Å². The third kappa shape index (κ3) is 1.56. The zero-order valence-corrected chi connectivity index (χ0v) is 12.2. The maximum atomic E-state index is 12.1. The molecule has 2 fully saturated rings. The molecule has 0 aromatic rings. The van der Waals surface area contributed by atoms with E-state index in [2.05, 4.69) is 6.92 Å².